The normalized spacial score (nSPS) is 14.3. The van der Waals surface area contributed by atoms with Crippen molar-refractivity contribution in [3.63, 3.8) is 0 Å². The van der Waals surface area contributed by atoms with Crippen LogP contribution in [0.15, 0.2) is 31.0 Å². The number of aromatic nitrogens is 1. The largest absolute Gasteiger partial charge is 0.378 e. The van der Waals surface area contributed by atoms with Crippen LogP contribution in [0, 0.1) is 0 Å². The minimum Gasteiger partial charge on any atom is -0.378 e. The Kier molecular flexibility index (Phi) is 5.37. The van der Waals surface area contributed by atoms with E-state index >= 15 is 0 Å². The minimum absolute atomic E-state index is 0.163. The molecule has 1 aliphatic rings. The predicted octanol–water partition coefficient (Wildman–Crippen LogP) is 0.272. The van der Waals surface area contributed by atoms with E-state index in [2.05, 4.69) is 11.6 Å². The fourth-order valence-electron chi connectivity index (χ4n) is 2.18. The highest BCUT2D eigenvalue weighted by Crippen LogP contribution is 2.20. The van der Waals surface area contributed by atoms with Crippen LogP contribution in [0.3, 0.4) is 0 Å². The van der Waals surface area contributed by atoms with Gasteiger partial charge in [-0.25, -0.2) is 4.98 Å². The highest BCUT2D eigenvalue weighted by atomic mass is 16.5. The molecule has 0 saturated carbocycles. The maximum absolute atomic E-state index is 12.6. The van der Waals surface area contributed by atoms with Gasteiger partial charge in [-0.2, -0.15) is 0 Å². The third kappa shape index (κ3) is 3.37. The molecule has 0 bridgehead atoms. The van der Waals surface area contributed by atoms with Crippen molar-refractivity contribution in [2.75, 3.05) is 37.7 Å². The number of aldehydes is 1. The molecule has 2 rings (SSSR count). The lowest BCUT2D eigenvalue weighted by Gasteiger charge is -2.28. The Morgan fingerprint density at radius 1 is 1.41 bits per heavy atom. The second kappa shape index (κ2) is 7.46. The third-order valence-electron chi connectivity index (χ3n) is 3.27. The van der Waals surface area contributed by atoms with Gasteiger partial charge in [0.05, 0.1) is 25.3 Å². The Morgan fingerprint density at radius 3 is 2.77 bits per heavy atom. The number of carbonyl (C=O) groups excluding carboxylic acids is 3. The van der Waals surface area contributed by atoms with Crippen LogP contribution in [-0.4, -0.2) is 60.8 Å². The van der Waals surface area contributed by atoms with E-state index in [1.165, 1.54) is 6.20 Å². The monoisotopic (exact) mass is 303 g/mol. The molecule has 1 aromatic rings. The number of anilines is 1. The SMILES string of the molecule is C=CC(=O)N(CC=O)c1ncccc1C(=O)N1CCOCC1. The van der Waals surface area contributed by atoms with E-state index in [1.807, 2.05) is 0 Å². The lowest BCUT2D eigenvalue weighted by molar-refractivity contribution is -0.116. The zero-order valence-corrected chi connectivity index (χ0v) is 12.1. The van der Waals surface area contributed by atoms with Crippen LogP contribution in [0.25, 0.3) is 0 Å². The highest BCUT2D eigenvalue weighted by molar-refractivity contribution is 6.07. The number of carbonyl (C=O) groups is 3. The molecule has 22 heavy (non-hydrogen) atoms. The van der Waals surface area contributed by atoms with E-state index in [0.29, 0.717) is 32.6 Å². The zero-order chi connectivity index (χ0) is 15.9. The van der Waals surface area contributed by atoms with Crippen LogP contribution < -0.4 is 4.90 Å². The fraction of sp³-hybridized carbons (Fsp3) is 0.333. The number of rotatable bonds is 5. The lowest BCUT2D eigenvalue weighted by atomic mass is 10.2. The van der Waals surface area contributed by atoms with E-state index in [1.54, 1.807) is 17.0 Å². The summed E-state index contributed by atoms with van der Waals surface area (Å²) in [5, 5.41) is 0. The van der Waals surface area contributed by atoms with E-state index in [-0.39, 0.29) is 23.8 Å². The predicted molar refractivity (Wildman–Crippen MR) is 79.6 cm³/mol. The maximum atomic E-state index is 12.6. The Balaban J connectivity index is 2.35. The molecule has 7 heteroatoms. The van der Waals surface area contributed by atoms with Gasteiger partial charge in [-0.3, -0.25) is 14.5 Å². The van der Waals surface area contributed by atoms with Gasteiger partial charge >= 0.3 is 0 Å². The zero-order valence-electron chi connectivity index (χ0n) is 12.1. The molecule has 1 saturated heterocycles. The standard InChI is InChI=1S/C15H17N3O4/c1-2-13(20)18(6-9-19)14-12(4-3-5-16-14)15(21)17-7-10-22-11-8-17/h2-5,9H,1,6-8,10-11H2. The van der Waals surface area contributed by atoms with E-state index in [0.717, 1.165) is 11.0 Å². The van der Waals surface area contributed by atoms with Crippen molar-refractivity contribution in [1.82, 2.24) is 9.88 Å². The van der Waals surface area contributed by atoms with Crippen LogP contribution in [0.2, 0.25) is 0 Å². The quantitative estimate of drug-likeness (QED) is 0.576. The van der Waals surface area contributed by atoms with Crippen molar-refractivity contribution in [1.29, 1.82) is 0 Å². The van der Waals surface area contributed by atoms with Crippen molar-refractivity contribution < 1.29 is 19.1 Å². The van der Waals surface area contributed by atoms with Gasteiger partial charge in [0.25, 0.3) is 11.8 Å². The average Bonchev–Trinajstić information content (AvgIpc) is 2.59. The van der Waals surface area contributed by atoms with Gasteiger partial charge in [-0.05, 0) is 18.2 Å². The van der Waals surface area contributed by atoms with Crippen molar-refractivity contribution in [3.05, 3.63) is 36.5 Å². The van der Waals surface area contributed by atoms with Gasteiger partial charge in [-0.15, -0.1) is 0 Å². The van der Waals surface area contributed by atoms with Crippen molar-refractivity contribution in [2.24, 2.45) is 0 Å². The molecule has 0 radical (unpaired) electrons. The molecule has 0 aliphatic carbocycles. The second-order valence-corrected chi connectivity index (χ2v) is 4.60. The molecule has 1 aliphatic heterocycles. The van der Waals surface area contributed by atoms with Crippen molar-refractivity contribution in [3.8, 4) is 0 Å². The summed E-state index contributed by atoms with van der Waals surface area (Å²) in [5.41, 5.74) is 0.279. The molecule has 116 valence electrons. The van der Waals surface area contributed by atoms with E-state index < -0.39 is 5.91 Å². The molecule has 1 aromatic heterocycles. The van der Waals surface area contributed by atoms with Gasteiger partial charge in [0, 0.05) is 19.3 Å². The van der Waals surface area contributed by atoms with Crippen LogP contribution >= 0.6 is 0 Å². The van der Waals surface area contributed by atoms with Gasteiger partial charge < -0.3 is 14.4 Å². The first-order valence-corrected chi connectivity index (χ1v) is 6.88. The summed E-state index contributed by atoms with van der Waals surface area (Å²) >= 11 is 0. The van der Waals surface area contributed by atoms with Gasteiger partial charge in [-0.1, -0.05) is 6.58 Å². The molecular weight excluding hydrogens is 286 g/mol. The molecule has 2 heterocycles. The molecular formula is C15H17N3O4. The topological polar surface area (TPSA) is 79.8 Å². The molecule has 0 atom stereocenters. The van der Waals surface area contributed by atoms with Gasteiger partial charge in [0.2, 0.25) is 0 Å². The van der Waals surface area contributed by atoms with Crippen molar-refractivity contribution >= 4 is 23.9 Å². The number of morpholine rings is 1. The molecule has 2 amide bonds. The first-order chi connectivity index (χ1) is 10.7. The van der Waals surface area contributed by atoms with Crippen LogP contribution in [0.5, 0.6) is 0 Å². The van der Waals surface area contributed by atoms with Crippen LogP contribution in [0.1, 0.15) is 10.4 Å². The number of ether oxygens (including phenoxy) is 1. The summed E-state index contributed by atoms with van der Waals surface area (Å²) < 4.78 is 5.22. The fourth-order valence-corrected chi connectivity index (χ4v) is 2.18. The molecule has 0 N–H and O–H groups in total. The summed E-state index contributed by atoms with van der Waals surface area (Å²) in [6.07, 6.45) is 3.14. The van der Waals surface area contributed by atoms with E-state index in [4.69, 9.17) is 4.74 Å². The average molecular weight is 303 g/mol. The summed E-state index contributed by atoms with van der Waals surface area (Å²) in [6, 6.07) is 3.21. The molecule has 0 unspecified atom stereocenters. The highest BCUT2D eigenvalue weighted by Gasteiger charge is 2.25. The summed E-state index contributed by atoms with van der Waals surface area (Å²) in [6.45, 7) is 5.14. The van der Waals surface area contributed by atoms with Gasteiger partial charge in [0.15, 0.2) is 0 Å². The summed E-state index contributed by atoms with van der Waals surface area (Å²) in [4.78, 5) is 42.2. The third-order valence-corrected chi connectivity index (χ3v) is 3.27. The molecule has 7 nitrogen and oxygen atoms in total. The number of nitrogens with zero attached hydrogens (tertiary/aromatic N) is 3. The Labute approximate surface area is 128 Å². The number of hydrogen-bond acceptors (Lipinski definition) is 5. The first kappa shape index (κ1) is 15.8. The van der Waals surface area contributed by atoms with Crippen molar-refractivity contribution in [2.45, 2.75) is 0 Å². The molecule has 0 spiro atoms. The smallest absolute Gasteiger partial charge is 0.257 e. The number of amides is 2. The Morgan fingerprint density at radius 2 is 2.14 bits per heavy atom. The van der Waals surface area contributed by atoms with Gasteiger partial charge in [0.1, 0.15) is 12.1 Å². The number of hydrogen-bond donors (Lipinski definition) is 0. The van der Waals surface area contributed by atoms with E-state index in [9.17, 15) is 14.4 Å². The summed E-state index contributed by atoms with van der Waals surface area (Å²) in [5.74, 6) is -0.558. The molecule has 0 aromatic carbocycles. The molecule has 1 fully saturated rings. The summed E-state index contributed by atoms with van der Waals surface area (Å²) in [7, 11) is 0. The first-order valence-electron chi connectivity index (χ1n) is 6.88. The number of pyridine rings is 1. The van der Waals surface area contributed by atoms with Crippen LogP contribution in [-0.2, 0) is 14.3 Å². The Bertz CT molecular complexity index is 582. The minimum atomic E-state index is -0.484. The van der Waals surface area contributed by atoms with Crippen LogP contribution in [0.4, 0.5) is 5.82 Å². The lowest BCUT2D eigenvalue weighted by Crippen LogP contribution is -2.42. The second-order valence-electron chi connectivity index (χ2n) is 4.60. The Hall–Kier alpha value is -2.54. The maximum Gasteiger partial charge on any atom is 0.257 e.